The first kappa shape index (κ1) is 19.9. The molecule has 0 radical (unpaired) electrons. The van der Waals surface area contributed by atoms with Gasteiger partial charge in [0.1, 0.15) is 12.1 Å². The lowest BCUT2D eigenvalue weighted by Crippen LogP contribution is -2.51. The molecule has 1 aliphatic heterocycles. The molecule has 0 unspecified atom stereocenters. The third-order valence-corrected chi connectivity index (χ3v) is 7.30. The van der Waals surface area contributed by atoms with Crippen LogP contribution in [0.15, 0.2) is 11.4 Å². The minimum absolute atomic E-state index is 0.0378. The Morgan fingerprint density at radius 3 is 2.86 bits per heavy atom. The van der Waals surface area contributed by atoms with Crippen molar-refractivity contribution in [2.24, 2.45) is 5.92 Å². The number of hydrogen-bond donors (Lipinski definition) is 3. The van der Waals surface area contributed by atoms with Crippen molar-refractivity contribution in [2.75, 3.05) is 6.54 Å². The Bertz CT molecular complexity index is 853. The molecule has 29 heavy (non-hydrogen) atoms. The molecule has 156 valence electrons. The van der Waals surface area contributed by atoms with E-state index in [9.17, 15) is 19.2 Å². The number of carbonyl (C=O) groups excluding carboxylic acids is 4. The van der Waals surface area contributed by atoms with Crippen LogP contribution in [0.3, 0.4) is 0 Å². The average molecular weight is 419 g/mol. The molecule has 0 aromatic carbocycles. The molecule has 3 N–H and O–H groups in total. The molecule has 3 aliphatic rings. The molecule has 8 nitrogen and oxygen atoms in total. The number of nitrogens with one attached hydrogen (secondary N) is 3. The lowest BCUT2D eigenvalue weighted by atomic mass is 9.80. The number of urea groups is 2. The van der Waals surface area contributed by atoms with Crippen molar-refractivity contribution in [3.63, 3.8) is 0 Å². The van der Waals surface area contributed by atoms with E-state index >= 15 is 0 Å². The molecule has 3 atom stereocenters. The van der Waals surface area contributed by atoms with E-state index in [0.29, 0.717) is 12.3 Å². The molecule has 6 amide bonds. The predicted molar refractivity (Wildman–Crippen MR) is 107 cm³/mol. The van der Waals surface area contributed by atoms with Gasteiger partial charge in [0.2, 0.25) is 5.91 Å². The number of amides is 6. The number of hydrogen-bond acceptors (Lipinski definition) is 5. The summed E-state index contributed by atoms with van der Waals surface area (Å²) in [5, 5.41) is 9.83. The first-order chi connectivity index (χ1) is 13.9. The summed E-state index contributed by atoms with van der Waals surface area (Å²) in [5.41, 5.74) is -0.246. The number of aryl methyl sites for hydroxylation is 1. The molecule has 1 spiro atoms. The highest BCUT2D eigenvalue weighted by molar-refractivity contribution is 7.10. The summed E-state index contributed by atoms with van der Waals surface area (Å²) in [4.78, 5) is 52.1. The van der Waals surface area contributed by atoms with Crippen molar-refractivity contribution in [1.82, 2.24) is 20.9 Å². The average Bonchev–Trinajstić information content (AvgIpc) is 3.24. The number of imide groups is 2. The Balaban J connectivity index is 1.38. The number of nitrogens with zero attached hydrogens (tertiary/aromatic N) is 1. The predicted octanol–water partition coefficient (Wildman–Crippen LogP) is 2.24. The highest BCUT2D eigenvalue weighted by atomic mass is 32.1. The van der Waals surface area contributed by atoms with E-state index in [2.05, 4.69) is 22.9 Å². The van der Waals surface area contributed by atoms with Crippen LogP contribution in [0.2, 0.25) is 0 Å². The summed E-state index contributed by atoms with van der Waals surface area (Å²) in [7, 11) is 0. The molecular formula is C20H26N4O4S. The van der Waals surface area contributed by atoms with Crippen LogP contribution in [-0.2, 0) is 21.5 Å². The van der Waals surface area contributed by atoms with E-state index in [0.717, 1.165) is 53.9 Å². The van der Waals surface area contributed by atoms with Crippen LogP contribution in [0.4, 0.5) is 9.59 Å². The zero-order chi connectivity index (χ0) is 20.6. The van der Waals surface area contributed by atoms with Crippen LogP contribution < -0.4 is 16.0 Å². The van der Waals surface area contributed by atoms with Gasteiger partial charge in [0.15, 0.2) is 0 Å². The second-order valence-corrected chi connectivity index (χ2v) is 9.23. The third kappa shape index (κ3) is 3.63. The molecule has 1 saturated heterocycles. The molecule has 1 aromatic rings. The summed E-state index contributed by atoms with van der Waals surface area (Å²) in [6.07, 6.45) is 6.34. The second-order valence-electron chi connectivity index (χ2n) is 8.23. The first-order valence-corrected chi connectivity index (χ1v) is 11.1. The topological polar surface area (TPSA) is 108 Å². The smallest absolute Gasteiger partial charge is 0.325 e. The molecule has 2 aliphatic carbocycles. The normalized spacial score (nSPS) is 28.8. The van der Waals surface area contributed by atoms with Crippen molar-refractivity contribution in [3.8, 4) is 0 Å². The van der Waals surface area contributed by atoms with Gasteiger partial charge < -0.3 is 10.6 Å². The van der Waals surface area contributed by atoms with Gasteiger partial charge in [-0.2, -0.15) is 0 Å². The van der Waals surface area contributed by atoms with Crippen molar-refractivity contribution in [1.29, 1.82) is 0 Å². The quantitative estimate of drug-likeness (QED) is 0.654. The van der Waals surface area contributed by atoms with E-state index in [1.165, 1.54) is 0 Å². The van der Waals surface area contributed by atoms with Gasteiger partial charge in [0.25, 0.3) is 5.91 Å². The van der Waals surface area contributed by atoms with Gasteiger partial charge in [-0.25, -0.2) is 9.59 Å². The van der Waals surface area contributed by atoms with E-state index < -0.39 is 36.0 Å². The van der Waals surface area contributed by atoms with Crippen molar-refractivity contribution < 1.29 is 19.2 Å². The van der Waals surface area contributed by atoms with E-state index in [1.807, 2.05) is 11.4 Å². The van der Waals surface area contributed by atoms with E-state index in [-0.39, 0.29) is 6.04 Å². The van der Waals surface area contributed by atoms with Crippen LogP contribution in [0.5, 0.6) is 0 Å². The van der Waals surface area contributed by atoms with Crippen LogP contribution in [0, 0.1) is 5.92 Å². The molecule has 0 bridgehead atoms. The lowest BCUT2D eigenvalue weighted by molar-refractivity contribution is -0.135. The SMILES string of the molecule is C[C@@H]1CCCC[C@@H]1NC(=O)NC(=O)CN1C(=O)N[C@]2(CCCc3sccc32)C1=O. The van der Waals surface area contributed by atoms with Crippen LogP contribution in [0.25, 0.3) is 0 Å². The molecule has 2 heterocycles. The van der Waals surface area contributed by atoms with Gasteiger partial charge in [0.05, 0.1) is 0 Å². The van der Waals surface area contributed by atoms with E-state index in [4.69, 9.17) is 0 Å². The minimum atomic E-state index is -1.08. The second kappa shape index (κ2) is 7.78. The first-order valence-electron chi connectivity index (χ1n) is 10.2. The fourth-order valence-corrected chi connectivity index (χ4v) is 5.73. The van der Waals surface area contributed by atoms with Crippen LogP contribution in [0.1, 0.15) is 55.9 Å². The minimum Gasteiger partial charge on any atom is -0.335 e. The van der Waals surface area contributed by atoms with Crippen molar-refractivity contribution in [2.45, 2.75) is 63.5 Å². The largest absolute Gasteiger partial charge is 0.335 e. The van der Waals surface area contributed by atoms with E-state index in [1.54, 1.807) is 11.3 Å². The van der Waals surface area contributed by atoms with Crippen LogP contribution >= 0.6 is 11.3 Å². The Hall–Kier alpha value is -2.42. The molecule has 1 saturated carbocycles. The van der Waals surface area contributed by atoms with Crippen molar-refractivity contribution >= 4 is 35.2 Å². The Kier molecular flexibility index (Phi) is 5.33. The number of fused-ring (bicyclic) bond motifs is 2. The molecule has 4 rings (SSSR count). The summed E-state index contributed by atoms with van der Waals surface area (Å²) >= 11 is 1.58. The summed E-state index contributed by atoms with van der Waals surface area (Å²) < 4.78 is 0. The number of thiophene rings is 1. The maximum Gasteiger partial charge on any atom is 0.325 e. The van der Waals surface area contributed by atoms with Gasteiger partial charge in [-0.05, 0) is 49.5 Å². The summed E-state index contributed by atoms with van der Waals surface area (Å²) in [6.45, 7) is 1.61. The number of rotatable bonds is 3. The standard InChI is InChI=1S/C20H26N4O4S/c1-12-5-2-3-6-14(12)21-18(27)22-16(25)11-24-17(26)20(23-19(24)28)9-4-7-15-13(20)8-10-29-15/h8,10,12,14H,2-7,9,11H2,1H3,(H,23,28)(H2,21,22,25,27)/t12-,14+,20+/m1/s1. The highest BCUT2D eigenvalue weighted by Gasteiger charge is 2.54. The van der Waals surface area contributed by atoms with Gasteiger partial charge in [-0.1, -0.05) is 19.8 Å². The molecule has 1 aromatic heterocycles. The van der Waals surface area contributed by atoms with Gasteiger partial charge in [0, 0.05) is 16.5 Å². The molecule has 2 fully saturated rings. The van der Waals surface area contributed by atoms with Gasteiger partial charge >= 0.3 is 12.1 Å². The fraction of sp³-hybridized carbons (Fsp3) is 0.600. The van der Waals surface area contributed by atoms with Gasteiger partial charge in [-0.15, -0.1) is 11.3 Å². The van der Waals surface area contributed by atoms with Gasteiger partial charge in [-0.3, -0.25) is 19.8 Å². The Morgan fingerprint density at radius 1 is 1.28 bits per heavy atom. The fourth-order valence-electron chi connectivity index (χ4n) is 4.73. The summed E-state index contributed by atoms with van der Waals surface area (Å²) in [6, 6.07) is 0.745. The molecular weight excluding hydrogens is 392 g/mol. The van der Waals surface area contributed by atoms with Crippen molar-refractivity contribution in [3.05, 3.63) is 21.9 Å². The third-order valence-electron chi connectivity index (χ3n) is 6.32. The Morgan fingerprint density at radius 2 is 2.07 bits per heavy atom. The zero-order valence-electron chi connectivity index (χ0n) is 16.5. The maximum atomic E-state index is 13.1. The lowest BCUT2D eigenvalue weighted by Gasteiger charge is -2.31. The summed E-state index contributed by atoms with van der Waals surface area (Å²) in [5.74, 6) is -0.729. The zero-order valence-corrected chi connectivity index (χ0v) is 17.3. The van der Waals surface area contributed by atoms with Crippen LogP contribution in [-0.4, -0.2) is 41.4 Å². The maximum absolute atomic E-state index is 13.1. The molecule has 9 heteroatoms. The number of carbonyl (C=O) groups is 4. The monoisotopic (exact) mass is 418 g/mol. The highest BCUT2D eigenvalue weighted by Crippen LogP contribution is 2.42. The Labute approximate surface area is 173 Å².